The van der Waals surface area contributed by atoms with Crippen molar-refractivity contribution in [3.05, 3.63) is 52.4 Å². The summed E-state index contributed by atoms with van der Waals surface area (Å²) in [5.74, 6) is 0.301. The summed E-state index contributed by atoms with van der Waals surface area (Å²) in [6.07, 6.45) is 4.99. The van der Waals surface area contributed by atoms with Crippen LogP contribution in [0.2, 0.25) is 0 Å². The molecule has 2 fully saturated rings. The van der Waals surface area contributed by atoms with Crippen molar-refractivity contribution in [2.24, 2.45) is 0 Å². The van der Waals surface area contributed by atoms with Crippen LogP contribution >= 0.6 is 0 Å². The van der Waals surface area contributed by atoms with Gasteiger partial charge < -0.3 is 20.5 Å². The van der Waals surface area contributed by atoms with Gasteiger partial charge in [0.05, 0.1) is 17.8 Å². The lowest BCUT2D eigenvalue weighted by Gasteiger charge is -2.34. The van der Waals surface area contributed by atoms with Gasteiger partial charge in [-0.2, -0.15) is 0 Å². The third-order valence-corrected chi connectivity index (χ3v) is 7.16. The molecule has 0 spiro atoms. The molecule has 1 aromatic heterocycles. The number of carbonyl (C=O) groups excluding carboxylic acids is 2. The molecule has 4 atom stereocenters. The highest BCUT2D eigenvalue weighted by Gasteiger charge is 2.40. The molecule has 4 unspecified atom stereocenters. The van der Waals surface area contributed by atoms with Crippen molar-refractivity contribution in [3.63, 3.8) is 0 Å². The average Bonchev–Trinajstić information content (AvgIpc) is 3.37. The van der Waals surface area contributed by atoms with Crippen molar-refractivity contribution in [1.29, 1.82) is 0 Å². The first-order valence-electron chi connectivity index (χ1n) is 12.0. The van der Waals surface area contributed by atoms with E-state index in [0.717, 1.165) is 44.3 Å². The summed E-state index contributed by atoms with van der Waals surface area (Å²) in [6, 6.07) is 8.27. The van der Waals surface area contributed by atoms with Crippen LogP contribution in [0.25, 0.3) is 0 Å². The molecule has 3 amide bonds. The number of rotatable bonds is 3. The van der Waals surface area contributed by atoms with E-state index >= 15 is 0 Å². The van der Waals surface area contributed by atoms with E-state index in [9.17, 15) is 9.59 Å². The largest absolute Gasteiger partial charge is 0.351 e. The van der Waals surface area contributed by atoms with E-state index in [0.29, 0.717) is 0 Å². The number of aromatic nitrogens is 1. The summed E-state index contributed by atoms with van der Waals surface area (Å²) >= 11 is 0. The first-order chi connectivity index (χ1) is 15.8. The van der Waals surface area contributed by atoms with E-state index < -0.39 is 0 Å². The number of nitrogens with zero attached hydrogens (tertiary/aromatic N) is 1. The van der Waals surface area contributed by atoms with Crippen LogP contribution in [0.15, 0.2) is 28.8 Å². The molecule has 2 aromatic rings. The number of aryl methyl sites for hydroxylation is 1. The fraction of sp³-hybridized carbons (Fsp3) is 0.560. The minimum Gasteiger partial charge on any atom is -0.351 e. The first-order valence-corrected chi connectivity index (χ1v) is 12.0. The fourth-order valence-electron chi connectivity index (χ4n) is 5.31. The summed E-state index contributed by atoms with van der Waals surface area (Å²) in [5, 5.41) is 16.7. The molecule has 2 aliphatic heterocycles. The molecule has 4 N–H and O–H groups in total. The van der Waals surface area contributed by atoms with Crippen LogP contribution in [0.5, 0.6) is 0 Å². The quantitative estimate of drug-likeness (QED) is 0.536. The molecule has 1 aromatic carbocycles. The maximum atomic E-state index is 12.9. The molecule has 5 rings (SSSR count). The van der Waals surface area contributed by atoms with Gasteiger partial charge in [0.2, 0.25) is 5.76 Å². The lowest BCUT2D eigenvalue weighted by molar-refractivity contribution is 0.0897. The summed E-state index contributed by atoms with van der Waals surface area (Å²) in [5.41, 5.74) is 4.32. The van der Waals surface area contributed by atoms with Crippen LogP contribution in [-0.2, 0) is 11.8 Å². The third-order valence-electron chi connectivity index (χ3n) is 7.16. The molecule has 3 heterocycles. The van der Waals surface area contributed by atoms with E-state index in [1.165, 1.54) is 16.7 Å². The van der Waals surface area contributed by atoms with Gasteiger partial charge in [-0.05, 0) is 48.9 Å². The van der Waals surface area contributed by atoms with E-state index in [1.54, 1.807) is 6.07 Å². The second kappa shape index (κ2) is 8.48. The summed E-state index contributed by atoms with van der Waals surface area (Å²) in [7, 11) is 0. The van der Waals surface area contributed by atoms with Crippen LogP contribution in [0, 0.1) is 0 Å². The molecule has 2 saturated heterocycles. The van der Waals surface area contributed by atoms with Crippen molar-refractivity contribution in [1.82, 2.24) is 26.4 Å². The van der Waals surface area contributed by atoms with Gasteiger partial charge in [-0.3, -0.25) is 10.1 Å². The summed E-state index contributed by atoms with van der Waals surface area (Å²) in [4.78, 5) is 24.8. The molecule has 0 radical (unpaired) electrons. The number of carbonyl (C=O) groups is 2. The van der Waals surface area contributed by atoms with Crippen LogP contribution in [0.4, 0.5) is 4.79 Å². The predicted octanol–water partition coefficient (Wildman–Crippen LogP) is 3.25. The zero-order valence-corrected chi connectivity index (χ0v) is 19.5. The predicted molar refractivity (Wildman–Crippen MR) is 124 cm³/mol. The molecular weight excluding hydrogens is 418 g/mol. The third kappa shape index (κ3) is 4.36. The second-order valence-corrected chi connectivity index (χ2v) is 10.5. The van der Waals surface area contributed by atoms with E-state index in [-0.39, 0.29) is 47.3 Å². The molecule has 8 heteroatoms. The Balaban J connectivity index is 1.36. The second-order valence-electron chi connectivity index (χ2n) is 10.5. The average molecular weight is 452 g/mol. The zero-order chi connectivity index (χ0) is 23.2. The van der Waals surface area contributed by atoms with Gasteiger partial charge in [-0.25, -0.2) is 4.79 Å². The topological polar surface area (TPSA) is 108 Å². The van der Waals surface area contributed by atoms with Gasteiger partial charge in [0, 0.05) is 17.4 Å². The monoisotopic (exact) mass is 451 g/mol. The molecule has 8 nitrogen and oxygen atoms in total. The summed E-state index contributed by atoms with van der Waals surface area (Å²) < 4.78 is 5.35. The molecule has 33 heavy (non-hydrogen) atoms. The lowest BCUT2D eigenvalue weighted by Crippen LogP contribution is -2.53. The zero-order valence-electron chi connectivity index (χ0n) is 19.5. The number of benzene rings is 1. The van der Waals surface area contributed by atoms with E-state index in [1.807, 2.05) is 20.8 Å². The Labute approximate surface area is 194 Å². The maximum absolute atomic E-state index is 12.9. The van der Waals surface area contributed by atoms with Crippen LogP contribution in [-0.4, -0.2) is 35.8 Å². The van der Waals surface area contributed by atoms with Crippen molar-refractivity contribution in [2.45, 2.75) is 82.5 Å². The normalized spacial score (nSPS) is 27.1. The Morgan fingerprint density at radius 2 is 2.00 bits per heavy atom. The number of nitrogens with one attached hydrogen (secondary N) is 4. The van der Waals surface area contributed by atoms with E-state index in [2.05, 4.69) is 44.6 Å². The number of urea groups is 1. The van der Waals surface area contributed by atoms with Crippen LogP contribution < -0.4 is 21.3 Å². The summed E-state index contributed by atoms with van der Waals surface area (Å²) in [6.45, 7) is 7.01. The lowest BCUT2D eigenvalue weighted by atomic mass is 9.83. The molecule has 0 saturated carbocycles. The molecule has 1 aliphatic carbocycles. The van der Waals surface area contributed by atoms with Crippen molar-refractivity contribution in [2.75, 3.05) is 6.54 Å². The van der Waals surface area contributed by atoms with Gasteiger partial charge in [-0.1, -0.05) is 50.5 Å². The highest BCUT2D eigenvalue weighted by Crippen LogP contribution is 2.35. The molecular formula is C25H33N5O3. The SMILES string of the molecule is CC(C)(C)c1cc(C(=O)NC2CCCCc3cc(C4CCNC5NC(=O)NC54)ccc32)on1. The van der Waals surface area contributed by atoms with Crippen molar-refractivity contribution in [3.8, 4) is 0 Å². The smallest absolute Gasteiger partial charge is 0.316 e. The van der Waals surface area contributed by atoms with Gasteiger partial charge >= 0.3 is 6.03 Å². The molecule has 0 bridgehead atoms. The van der Waals surface area contributed by atoms with Gasteiger partial charge in [-0.15, -0.1) is 0 Å². The van der Waals surface area contributed by atoms with Gasteiger partial charge in [0.1, 0.15) is 6.17 Å². The minimum absolute atomic E-state index is 0.0259. The Kier molecular flexibility index (Phi) is 5.64. The van der Waals surface area contributed by atoms with Crippen LogP contribution in [0.3, 0.4) is 0 Å². The molecule has 176 valence electrons. The Hall–Kier alpha value is -2.87. The van der Waals surface area contributed by atoms with Crippen molar-refractivity contribution < 1.29 is 14.1 Å². The highest BCUT2D eigenvalue weighted by molar-refractivity contribution is 5.91. The van der Waals surface area contributed by atoms with E-state index in [4.69, 9.17) is 4.52 Å². The van der Waals surface area contributed by atoms with Crippen molar-refractivity contribution >= 4 is 11.9 Å². The highest BCUT2D eigenvalue weighted by atomic mass is 16.5. The number of hydrogen-bond acceptors (Lipinski definition) is 5. The fourth-order valence-corrected chi connectivity index (χ4v) is 5.31. The van der Waals surface area contributed by atoms with Gasteiger partial charge in [0.25, 0.3) is 5.91 Å². The minimum atomic E-state index is -0.221. The number of amides is 3. The number of hydrogen-bond donors (Lipinski definition) is 4. The van der Waals surface area contributed by atoms with Gasteiger partial charge in [0.15, 0.2) is 0 Å². The Morgan fingerprint density at radius 1 is 1.15 bits per heavy atom. The Morgan fingerprint density at radius 3 is 2.79 bits per heavy atom. The molecule has 3 aliphatic rings. The Bertz CT molecular complexity index is 1060. The number of piperidine rings is 1. The number of fused-ring (bicyclic) bond motifs is 2. The maximum Gasteiger partial charge on any atom is 0.316 e. The first kappa shape index (κ1) is 21.9. The van der Waals surface area contributed by atoms with Crippen LogP contribution in [0.1, 0.15) is 91.4 Å². The standard InChI is InChI=1S/C25H33N5O3/c1-25(2,3)20-13-19(33-30-20)23(31)27-18-7-5-4-6-14-12-15(8-9-16(14)18)17-10-11-26-22-21(17)28-24(32)29-22/h8-9,12-13,17-18,21-22,26H,4-7,10-11H2,1-3H3,(H,27,31)(H2,28,29,32).